The number of non-ortho nitro benzene ring substituents is 1. The maximum Gasteiger partial charge on any atom is 0.270 e. The summed E-state index contributed by atoms with van der Waals surface area (Å²) in [6, 6.07) is 12.4. The average molecular weight is 409 g/mol. The van der Waals surface area contributed by atoms with Crippen molar-refractivity contribution in [2.75, 3.05) is 5.32 Å². The first-order chi connectivity index (χ1) is 13.4. The summed E-state index contributed by atoms with van der Waals surface area (Å²) < 4.78 is 0.825. The molecule has 2 aromatic heterocycles. The van der Waals surface area contributed by atoms with Crippen LogP contribution in [0.1, 0.15) is 20.8 Å². The standard InChI is InChI=1S/C20H15N3O3S2/c1-11-3-5-15(12(2)7-11)16-10-27-20(21-16)22-19(24)18-9-13-8-14(23(25)26)4-6-17(13)28-18/h3-10H,1-2H3,(H,21,22,24). The zero-order valence-corrected chi connectivity index (χ0v) is 16.7. The molecule has 0 aliphatic rings. The summed E-state index contributed by atoms with van der Waals surface area (Å²) in [4.78, 5) is 28.1. The molecule has 140 valence electrons. The van der Waals surface area contributed by atoms with Crippen LogP contribution in [0.3, 0.4) is 0 Å². The predicted octanol–water partition coefficient (Wildman–Crippen LogP) is 5.80. The van der Waals surface area contributed by atoms with E-state index in [0.29, 0.717) is 15.4 Å². The molecule has 4 aromatic rings. The van der Waals surface area contributed by atoms with E-state index in [1.54, 1.807) is 12.1 Å². The highest BCUT2D eigenvalue weighted by atomic mass is 32.1. The van der Waals surface area contributed by atoms with Gasteiger partial charge in [0.1, 0.15) is 0 Å². The van der Waals surface area contributed by atoms with E-state index < -0.39 is 4.92 Å². The lowest BCUT2D eigenvalue weighted by atomic mass is 10.0. The number of nitrogens with zero attached hydrogens (tertiary/aromatic N) is 2. The third-order valence-corrected chi connectivity index (χ3v) is 6.19. The Morgan fingerprint density at radius 1 is 1.14 bits per heavy atom. The Hall–Kier alpha value is -3.10. The van der Waals surface area contributed by atoms with Crippen LogP contribution in [0.5, 0.6) is 0 Å². The highest BCUT2D eigenvalue weighted by Gasteiger charge is 2.15. The van der Waals surface area contributed by atoms with Crippen molar-refractivity contribution in [3.63, 3.8) is 0 Å². The van der Waals surface area contributed by atoms with Crippen LogP contribution in [0, 0.1) is 24.0 Å². The van der Waals surface area contributed by atoms with Crippen molar-refractivity contribution in [3.8, 4) is 11.3 Å². The fraction of sp³-hybridized carbons (Fsp3) is 0.100. The molecule has 0 spiro atoms. The molecule has 0 aliphatic carbocycles. The van der Waals surface area contributed by atoms with Gasteiger partial charge in [-0.25, -0.2) is 4.98 Å². The smallest absolute Gasteiger partial charge is 0.270 e. The molecule has 1 N–H and O–H groups in total. The van der Waals surface area contributed by atoms with Gasteiger partial charge in [-0.1, -0.05) is 23.8 Å². The number of nitro benzene ring substituents is 1. The van der Waals surface area contributed by atoms with Crippen molar-refractivity contribution in [1.82, 2.24) is 4.98 Å². The van der Waals surface area contributed by atoms with Crippen LogP contribution in [0.4, 0.5) is 10.8 Å². The molecular weight excluding hydrogens is 394 g/mol. The number of nitro groups is 1. The molecule has 1 amide bonds. The minimum absolute atomic E-state index is 0.00953. The van der Waals surface area contributed by atoms with E-state index in [1.807, 2.05) is 31.4 Å². The fourth-order valence-electron chi connectivity index (χ4n) is 2.97. The molecule has 0 fully saturated rings. The number of hydrogen-bond donors (Lipinski definition) is 1. The lowest BCUT2D eigenvalue weighted by molar-refractivity contribution is -0.384. The van der Waals surface area contributed by atoms with Gasteiger partial charge in [0.2, 0.25) is 0 Å². The number of rotatable bonds is 4. The molecule has 8 heteroatoms. The molecule has 0 atom stereocenters. The highest BCUT2D eigenvalue weighted by molar-refractivity contribution is 7.21. The van der Waals surface area contributed by atoms with E-state index in [-0.39, 0.29) is 11.6 Å². The average Bonchev–Trinajstić information content (AvgIpc) is 3.27. The SMILES string of the molecule is Cc1ccc(-c2csc(NC(=O)c3cc4cc([N+](=O)[O-])ccc4s3)n2)c(C)c1. The van der Waals surface area contributed by atoms with E-state index in [2.05, 4.69) is 16.4 Å². The number of aromatic nitrogens is 1. The first-order valence-corrected chi connectivity index (χ1v) is 10.1. The molecule has 0 unspecified atom stereocenters. The summed E-state index contributed by atoms with van der Waals surface area (Å²) in [6.07, 6.45) is 0. The number of thiazole rings is 1. The summed E-state index contributed by atoms with van der Waals surface area (Å²) in [5, 5.41) is 16.8. The van der Waals surface area contributed by atoms with Gasteiger partial charge < -0.3 is 0 Å². The first-order valence-electron chi connectivity index (χ1n) is 8.43. The van der Waals surface area contributed by atoms with Crippen molar-refractivity contribution in [1.29, 1.82) is 0 Å². The van der Waals surface area contributed by atoms with Crippen LogP contribution in [0.25, 0.3) is 21.3 Å². The number of nitrogens with one attached hydrogen (secondary N) is 1. The number of fused-ring (bicyclic) bond motifs is 1. The van der Waals surface area contributed by atoms with Gasteiger partial charge in [-0.05, 0) is 31.5 Å². The van der Waals surface area contributed by atoms with Gasteiger partial charge in [0.05, 0.1) is 15.5 Å². The van der Waals surface area contributed by atoms with Crippen molar-refractivity contribution >= 4 is 49.5 Å². The van der Waals surface area contributed by atoms with Crippen LogP contribution >= 0.6 is 22.7 Å². The monoisotopic (exact) mass is 409 g/mol. The summed E-state index contributed by atoms with van der Waals surface area (Å²) in [5.74, 6) is -0.273. The number of carbonyl (C=O) groups excluding carboxylic acids is 1. The summed E-state index contributed by atoms with van der Waals surface area (Å²) in [7, 11) is 0. The lowest BCUT2D eigenvalue weighted by Crippen LogP contribution is -2.09. The molecule has 2 heterocycles. The number of hydrogen-bond acceptors (Lipinski definition) is 6. The third kappa shape index (κ3) is 3.51. The third-order valence-electron chi connectivity index (χ3n) is 4.32. The van der Waals surface area contributed by atoms with E-state index in [4.69, 9.17) is 0 Å². The normalized spacial score (nSPS) is 10.9. The molecule has 28 heavy (non-hydrogen) atoms. The Bertz CT molecular complexity index is 1230. The Balaban J connectivity index is 1.56. The Morgan fingerprint density at radius 2 is 1.96 bits per heavy atom. The fourth-order valence-corrected chi connectivity index (χ4v) is 4.61. The van der Waals surface area contributed by atoms with Crippen LogP contribution in [-0.2, 0) is 0 Å². The van der Waals surface area contributed by atoms with Gasteiger partial charge in [-0.3, -0.25) is 20.2 Å². The van der Waals surface area contributed by atoms with Gasteiger partial charge in [0.15, 0.2) is 5.13 Å². The Kier molecular flexibility index (Phi) is 4.66. The van der Waals surface area contributed by atoms with Gasteiger partial charge >= 0.3 is 0 Å². The van der Waals surface area contributed by atoms with Crippen molar-refractivity contribution < 1.29 is 9.72 Å². The number of thiophene rings is 1. The second kappa shape index (κ2) is 7.14. The predicted molar refractivity (Wildman–Crippen MR) is 113 cm³/mol. The maximum absolute atomic E-state index is 12.6. The van der Waals surface area contributed by atoms with Gasteiger partial charge in [-0.15, -0.1) is 22.7 Å². The highest BCUT2D eigenvalue weighted by Crippen LogP contribution is 2.31. The summed E-state index contributed by atoms with van der Waals surface area (Å²) >= 11 is 2.66. The minimum Gasteiger partial charge on any atom is -0.297 e. The number of benzene rings is 2. The van der Waals surface area contributed by atoms with Crippen molar-refractivity contribution in [2.24, 2.45) is 0 Å². The number of aryl methyl sites for hydroxylation is 2. The molecule has 0 radical (unpaired) electrons. The Morgan fingerprint density at radius 3 is 2.71 bits per heavy atom. The summed E-state index contributed by atoms with van der Waals surface area (Å²) in [5.41, 5.74) is 4.20. The van der Waals surface area contributed by atoms with Crippen molar-refractivity contribution in [3.05, 3.63) is 74.0 Å². The summed E-state index contributed by atoms with van der Waals surface area (Å²) in [6.45, 7) is 4.08. The zero-order valence-electron chi connectivity index (χ0n) is 15.1. The van der Waals surface area contributed by atoms with Crippen LogP contribution in [0.15, 0.2) is 47.8 Å². The zero-order chi connectivity index (χ0) is 19.8. The number of anilines is 1. The van der Waals surface area contributed by atoms with E-state index in [9.17, 15) is 14.9 Å². The number of amides is 1. The van der Waals surface area contributed by atoms with E-state index in [0.717, 1.165) is 21.5 Å². The largest absolute Gasteiger partial charge is 0.297 e. The topological polar surface area (TPSA) is 85.1 Å². The molecule has 0 aliphatic heterocycles. The molecule has 6 nitrogen and oxygen atoms in total. The minimum atomic E-state index is -0.443. The van der Waals surface area contributed by atoms with E-state index in [1.165, 1.54) is 40.4 Å². The van der Waals surface area contributed by atoms with Crippen LogP contribution in [-0.4, -0.2) is 15.8 Å². The quantitative estimate of drug-likeness (QED) is 0.341. The van der Waals surface area contributed by atoms with Gasteiger partial charge in [0.25, 0.3) is 11.6 Å². The molecule has 2 aromatic carbocycles. The molecule has 0 saturated carbocycles. The molecule has 4 rings (SSSR count). The first kappa shape index (κ1) is 18.3. The van der Waals surface area contributed by atoms with Gasteiger partial charge in [-0.2, -0.15) is 0 Å². The number of carbonyl (C=O) groups is 1. The molecular formula is C20H15N3O3S2. The second-order valence-corrected chi connectivity index (χ2v) is 8.34. The van der Waals surface area contributed by atoms with Crippen molar-refractivity contribution in [2.45, 2.75) is 13.8 Å². The van der Waals surface area contributed by atoms with E-state index >= 15 is 0 Å². The lowest BCUT2D eigenvalue weighted by Gasteiger charge is -2.03. The van der Waals surface area contributed by atoms with Crippen LogP contribution in [0.2, 0.25) is 0 Å². The molecule has 0 saturated heterocycles. The van der Waals surface area contributed by atoms with Crippen LogP contribution < -0.4 is 5.32 Å². The Labute approximate surface area is 168 Å². The molecule has 0 bridgehead atoms. The second-order valence-electron chi connectivity index (χ2n) is 6.40. The van der Waals surface area contributed by atoms with Gasteiger partial charge in [0, 0.05) is 33.2 Å². The maximum atomic E-state index is 12.6.